The van der Waals surface area contributed by atoms with Crippen molar-refractivity contribution in [3.8, 4) is 0 Å². The number of nitro benzene ring substituents is 1. The molecule has 0 aliphatic carbocycles. The molecule has 0 bridgehead atoms. The van der Waals surface area contributed by atoms with Crippen LogP contribution in [0.5, 0.6) is 0 Å². The first-order valence-electron chi connectivity index (χ1n) is 2.60. The Balaban J connectivity index is 0.000001000. The van der Waals surface area contributed by atoms with E-state index < -0.39 is 10.7 Å². The van der Waals surface area contributed by atoms with Crippen LogP contribution in [0.1, 0.15) is 0 Å². The Morgan fingerprint density at radius 2 is 2.09 bits per heavy atom. The van der Waals surface area contributed by atoms with Crippen LogP contribution >= 0.6 is 0 Å². The van der Waals surface area contributed by atoms with Crippen molar-refractivity contribution in [2.75, 3.05) is 0 Å². The zero-order valence-corrected chi connectivity index (χ0v) is 8.63. The van der Waals surface area contributed by atoms with Crippen molar-refractivity contribution in [2.24, 2.45) is 0 Å². The number of non-ortho nitro benzene ring substituents is 1. The third kappa shape index (κ3) is 2.68. The molecule has 1 aromatic carbocycles. The molecule has 11 heavy (non-hydrogen) atoms. The quantitative estimate of drug-likeness (QED) is 0.393. The van der Waals surface area contributed by atoms with Crippen LogP contribution in [0, 0.1) is 15.9 Å². The SMILES string of the molecule is O=[N+]([O-])c1cccc(F)c1.[AsH3]. The molecule has 0 amide bonds. The standard InChI is InChI=1S/C6H4FNO2.AsH3/c7-5-2-1-3-6(4-5)8(9)10;/h1-4H;1H3. The molecule has 1 unspecified atom stereocenters. The molecule has 60 valence electrons. The van der Waals surface area contributed by atoms with Gasteiger partial charge in [-0.2, -0.15) is 0 Å². The molecule has 0 heterocycles. The molecule has 0 fully saturated rings. The van der Waals surface area contributed by atoms with Gasteiger partial charge in [0.15, 0.2) is 0 Å². The van der Waals surface area contributed by atoms with E-state index in [2.05, 4.69) is 0 Å². The Morgan fingerprint density at radius 3 is 2.45 bits per heavy atom. The van der Waals surface area contributed by atoms with Gasteiger partial charge in [-0.15, -0.1) is 0 Å². The summed E-state index contributed by atoms with van der Waals surface area (Å²) in [7, 11) is 0. The molecule has 0 aliphatic rings. The van der Waals surface area contributed by atoms with E-state index in [1.807, 2.05) is 0 Å². The van der Waals surface area contributed by atoms with E-state index in [9.17, 15) is 14.5 Å². The third-order valence-corrected chi connectivity index (χ3v) is 1.02. The third-order valence-electron chi connectivity index (χ3n) is 1.02. The van der Waals surface area contributed by atoms with Gasteiger partial charge in [-0.3, -0.25) is 10.1 Å². The van der Waals surface area contributed by atoms with E-state index in [0.717, 1.165) is 12.1 Å². The molecule has 3 nitrogen and oxygen atoms in total. The Hall–Kier alpha value is -0.892. The molecule has 0 saturated heterocycles. The van der Waals surface area contributed by atoms with Crippen molar-refractivity contribution < 1.29 is 9.31 Å². The van der Waals surface area contributed by atoms with Crippen molar-refractivity contribution in [1.29, 1.82) is 0 Å². The number of halogens is 1. The van der Waals surface area contributed by atoms with Crippen LogP contribution in [-0.4, -0.2) is 22.9 Å². The minimum atomic E-state index is -0.636. The van der Waals surface area contributed by atoms with Gasteiger partial charge in [-0.05, 0) is 6.07 Å². The van der Waals surface area contributed by atoms with Gasteiger partial charge < -0.3 is 0 Å². The van der Waals surface area contributed by atoms with Gasteiger partial charge in [-0.1, -0.05) is 6.07 Å². The van der Waals surface area contributed by atoms with Crippen molar-refractivity contribution in [2.45, 2.75) is 0 Å². The summed E-state index contributed by atoms with van der Waals surface area (Å²) in [6.45, 7) is 0. The molecular formula is C6H7AsFNO2. The van der Waals surface area contributed by atoms with Gasteiger partial charge >= 0.3 is 18.0 Å². The number of hydrogen-bond acceptors (Lipinski definition) is 2. The first kappa shape index (κ1) is 10.1. The van der Waals surface area contributed by atoms with Crippen LogP contribution < -0.4 is 0 Å². The first-order chi connectivity index (χ1) is 4.70. The second-order valence-corrected chi connectivity index (χ2v) is 1.74. The fourth-order valence-electron chi connectivity index (χ4n) is 0.590. The molecule has 5 heteroatoms. The summed E-state index contributed by atoms with van der Waals surface area (Å²) < 4.78 is 12.2. The second-order valence-electron chi connectivity index (χ2n) is 1.74. The van der Waals surface area contributed by atoms with Gasteiger partial charge in [0.05, 0.1) is 11.0 Å². The molecule has 1 rings (SSSR count). The van der Waals surface area contributed by atoms with E-state index in [-0.39, 0.29) is 23.6 Å². The summed E-state index contributed by atoms with van der Waals surface area (Å²) in [5, 5.41) is 9.99. The van der Waals surface area contributed by atoms with Gasteiger partial charge in [0.2, 0.25) is 0 Å². The van der Waals surface area contributed by atoms with Crippen LogP contribution in [-0.2, 0) is 0 Å². The molecule has 0 radical (unpaired) electrons. The number of nitrogens with zero attached hydrogens (tertiary/aromatic N) is 1. The molecule has 0 saturated carbocycles. The average molecular weight is 219 g/mol. The van der Waals surface area contributed by atoms with Gasteiger partial charge in [0.25, 0.3) is 5.69 Å². The average Bonchev–Trinajstić information content (AvgIpc) is 1.88. The van der Waals surface area contributed by atoms with Crippen molar-refractivity contribution in [1.82, 2.24) is 0 Å². The normalized spacial score (nSPS) is 8.45. The van der Waals surface area contributed by atoms with Crippen molar-refractivity contribution >= 4 is 23.6 Å². The molecular weight excluding hydrogens is 212 g/mol. The fourth-order valence-corrected chi connectivity index (χ4v) is 0.590. The van der Waals surface area contributed by atoms with Gasteiger partial charge in [0.1, 0.15) is 5.82 Å². The summed E-state index contributed by atoms with van der Waals surface area (Å²) in [6.07, 6.45) is 0. The molecule has 0 N–H and O–H groups in total. The van der Waals surface area contributed by atoms with Crippen LogP contribution in [0.2, 0.25) is 0 Å². The molecule has 1 atom stereocenters. The van der Waals surface area contributed by atoms with Crippen LogP contribution in [0.4, 0.5) is 10.1 Å². The summed E-state index contributed by atoms with van der Waals surface area (Å²) >= 11 is 0. The monoisotopic (exact) mass is 219 g/mol. The molecule has 0 aliphatic heterocycles. The van der Waals surface area contributed by atoms with Crippen LogP contribution in [0.25, 0.3) is 0 Å². The Labute approximate surface area is 73.7 Å². The van der Waals surface area contributed by atoms with E-state index >= 15 is 0 Å². The Morgan fingerprint density at radius 1 is 1.45 bits per heavy atom. The minimum absolute atomic E-state index is 0. The van der Waals surface area contributed by atoms with E-state index in [1.54, 1.807) is 0 Å². The van der Waals surface area contributed by atoms with Gasteiger partial charge in [-0.25, -0.2) is 4.39 Å². The van der Waals surface area contributed by atoms with Crippen molar-refractivity contribution in [3.63, 3.8) is 0 Å². The molecule has 0 spiro atoms. The maximum absolute atomic E-state index is 12.2. The van der Waals surface area contributed by atoms with Gasteiger partial charge in [0, 0.05) is 6.07 Å². The molecule has 0 aromatic heterocycles. The topological polar surface area (TPSA) is 43.1 Å². The summed E-state index contributed by atoms with van der Waals surface area (Å²) in [5.74, 6) is -0.589. The van der Waals surface area contributed by atoms with E-state index in [0.29, 0.717) is 0 Å². The van der Waals surface area contributed by atoms with Crippen LogP contribution in [0.15, 0.2) is 24.3 Å². The zero-order chi connectivity index (χ0) is 7.56. The first-order valence-corrected chi connectivity index (χ1v) is 2.60. The number of nitro groups is 1. The second kappa shape index (κ2) is 4.08. The number of rotatable bonds is 1. The maximum atomic E-state index is 12.2. The number of hydrogen-bond donors (Lipinski definition) is 0. The summed E-state index contributed by atoms with van der Waals surface area (Å²) in [6, 6.07) is 4.57. The van der Waals surface area contributed by atoms with Crippen LogP contribution in [0.3, 0.4) is 0 Å². The summed E-state index contributed by atoms with van der Waals surface area (Å²) in [5.41, 5.74) is -0.222. The predicted molar refractivity (Wildman–Crippen MR) is 43.0 cm³/mol. The predicted octanol–water partition coefficient (Wildman–Crippen LogP) is 0.550. The van der Waals surface area contributed by atoms with Crippen molar-refractivity contribution in [3.05, 3.63) is 40.2 Å². The number of benzene rings is 1. The zero-order valence-electron chi connectivity index (χ0n) is 5.66. The Kier molecular flexibility index (Phi) is 3.75. The van der Waals surface area contributed by atoms with E-state index in [1.165, 1.54) is 12.1 Å². The Bertz CT molecular complexity index is 267. The summed E-state index contributed by atoms with van der Waals surface area (Å²) in [4.78, 5) is 9.36. The fraction of sp³-hybridized carbons (Fsp3) is 0. The molecule has 1 aromatic rings. The van der Waals surface area contributed by atoms with E-state index in [4.69, 9.17) is 0 Å².